The van der Waals surface area contributed by atoms with Gasteiger partial charge in [-0.05, 0) is 30.4 Å². The Balaban J connectivity index is 2.49. The molecule has 15 heavy (non-hydrogen) atoms. The molecule has 0 aromatic heterocycles. The molecule has 0 saturated carbocycles. The zero-order valence-electron chi connectivity index (χ0n) is 8.90. The van der Waals surface area contributed by atoms with Crippen LogP contribution in [-0.4, -0.2) is 8.76 Å². The van der Waals surface area contributed by atoms with Crippen LogP contribution in [0.5, 0.6) is 0 Å². The van der Waals surface area contributed by atoms with Crippen molar-refractivity contribution in [1.82, 2.24) is 0 Å². The van der Waals surface area contributed by atoms with E-state index < -0.39 is 15.8 Å². The maximum absolute atomic E-state index is 11.6. The third-order valence-corrected chi connectivity index (χ3v) is 4.59. The zero-order chi connectivity index (χ0) is 10.9. The Morgan fingerprint density at radius 1 is 1.47 bits per heavy atom. The van der Waals surface area contributed by atoms with E-state index in [9.17, 15) is 8.76 Å². The SMILES string of the molecule is CCCC1(S(=O)O)CCc2ccccc21. The van der Waals surface area contributed by atoms with Crippen molar-refractivity contribution in [2.75, 3.05) is 0 Å². The second-order valence-corrected chi connectivity index (χ2v) is 5.43. The molecule has 2 atom stereocenters. The summed E-state index contributed by atoms with van der Waals surface area (Å²) in [5.41, 5.74) is 2.33. The minimum atomic E-state index is -1.76. The third kappa shape index (κ3) is 1.64. The van der Waals surface area contributed by atoms with Gasteiger partial charge in [0.25, 0.3) is 0 Å². The van der Waals surface area contributed by atoms with Crippen molar-refractivity contribution in [3.05, 3.63) is 35.4 Å². The monoisotopic (exact) mass is 224 g/mol. The van der Waals surface area contributed by atoms with E-state index in [1.165, 1.54) is 5.56 Å². The van der Waals surface area contributed by atoms with Crippen molar-refractivity contribution >= 4 is 11.1 Å². The molecule has 0 amide bonds. The highest BCUT2D eigenvalue weighted by molar-refractivity contribution is 7.80. The summed E-state index contributed by atoms with van der Waals surface area (Å²) < 4.78 is 20.6. The Labute approximate surface area is 93.0 Å². The molecule has 0 saturated heterocycles. The van der Waals surface area contributed by atoms with Gasteiger partial charge in [-0.1, -0.05) is 37.6 Å². The van der Waals surface area contributed by atoms with E-state index in [0.29, 0.717) is 0 Å². The number of benzene rings is 1. The van der Waals surface area contributed by atoms with Gasteiger partial charge in [0.2, 0.25) is 0 Å². The Kier molecular flexibility index (Phi) is 2.94. The van der Waals surface area contributed by atoms with Crippen LogP contribution < -0.4 is 0 Å². The lowest BCUT2D eigenvalue weighted by Crippen LogP contribution is -2.28. The Hall–Kier alpha value is -0.670. The minimum absolute atomic E-state index is 0.495. The molecule has 1 aliphatic rings. The average molecular weight is 224 g/mol. The Morgan fingerprint density at radius 2 is 2.20 bits per heavy atom. The molecule has 3 heteroatoms. The zero-order valence-corrected chi connectivity index (χ0v) is 9.72. The summed E-state index contributed by atoms with van der Waals surface area (Å²) in [4.78, 5) is 0. The van der Waals surface area contributed by atoms with Crippen LogP contribution >= 0.6 is 0 Å². The van der Waals surface area contributed by atoms with Gasteiger partial charge in [-0.15, -0.1) is 0 Å². The lowest BCUT2D eigenvalue weighted by molar-refractivity contribution is 0.463. The van der Waals surface area contributed by atoms with Crippen LogP contribution in [0.3, 0.4) is 0 Å². The smallest absolute Gasteiger partial charge is 0.163 e. The van der Waals surface area contributed by atoms with Gasteiger partial charge in [0.15, 0.2) is 11.1 Å². The highest BCUT2D eigenvalue weighted by Crippen LogP contribution is 2.44. The van der Waals surface area contributed by atoms with Crippen LogP contribution in [0.2, 0.25) is 0 Å². The van der Waals surface area contributed by atoms with E-state index in [2.05, 4.69) is 13.0 Å². The molecular formula is C12H16O2S. The van der Waals surface area contributed by atoms with E-state index >= 15 is 0 Å². The van der Waals surface area contributed by atoms with Crippen LogP contribution in [0.25, 0.3) is 0 Å². The van der Waals surface area contributed by atoms with Crippen molar-refractivity contribution in [1.29, 1.82) is 0 Å². The second kappa shape index (κ2) is 4.06. The summed E-state index contributed by atoms with van der Waals surface area (Å²) in [7, 11) is 0. The molecule has 0 heterocycles. The third-order valence-electron chi connectivity index (χ3n) is 3.29. The van der Waals surface area contributed by atoms with Crippen molar-refractivity contribution in [3.8, 4) is 0 Å². The standard InChI is InChI=1S/C12H16O2S/c1-2-8-12(15(13)14)9-7-10-5-3-4-6-11(10)12/h3-6H,2,7-9H2,1H3,(H,13,14). The summed E-state index contributed by atoms with van der Waals surface area (Å²) >= 11 is -1.76. The van der Waals surface area contributed by atoms with E-state index in [1.807, 2.05) is 18.2 Å². The Morgan fingerprint density at radius 3 is 2.87 bits per heavy atom. The van der Waals surface area contributed by atoms with Crippen molar-refractivity contribution in [2.24, 2.45) is 0 Å². The number of hydrogen-bond donors (Lipinski definition) is 1. The van der Waals surface area contributed by atoms with Crippen LogP contribution in [-0.2, 0) is 22.2 Å². The molecular weight excluding hydrogens is 208 g/mol. The maximum Gasteiger partial charge on any atom is 0.163 e. The summed E-state index contributed by atoms with van der Waals surface area (Å²) in [5.74, 6) is 0. The lowest BCUT2D eigenvalue weighted by atomic mass is 9.95. The summed E-state index contributed by atoms with van der Waals surface area (Å²) in [6.45, 7) is 2.07. The number of aryl methyl sites for hydroxylation is 1. The fourth-order valence-corrected chi connectivity index (χ4v) is 3.63. The molecule has 0 radical (unpaired) electrons. The van der Waals surface area contributed by atoms with Crippen LogP contribution in [0.4, 0.5) is 0 Å². The van der Waals surface area contributed by atoms with Gasteiger partial charge in [-0.2, -0.15) is 0 Å². The topological polar surface area (TPSA) is 37.3 Å². The maximum atomic E-state index is 11.6. The molecule has 2 unspecified atom stereocenters. The first kappa shape index (κ1) is 10.8. The molecule has 1 aliphatic carbocycles. The molecule has 0 fully saturated rings. The second-order valence-electron chi connectivity index (χ2n) is 4.15. The lowest BCUT2D eigenvalue weighted by Gasteiger charge is -2.25. The van der Waals surface area contributed by atoms with E-state index in [1.54, 1.807) is 0 Å². The molecule has 2 rings (SSSR count). The van der Waals surface area contributed by atoms with E-state index in [-0.39, 0.29) is 0 Å². The number of rotatable bonds is 3. The fourth-order valence-electron chi connectivity index (χ4n) is 2.59. The first-order chi connectivity index (χ1) is 7.20. The van der Waals surface area contributed by atoms with Gasteiger partial charge in [0.05, 0.1) is 4.75 Å². The fraction of sp³-hybridized carbons (Fsp3) is 0.500. The van der Waals surface area contributed by atoms with Crippen LogP contribution in [0.15, 0.2) is 24.3 Å². The molecule has 2 nitrogen and oxygen atoms in total. The molecule has 82 valence electrons. The van der Waals surface area contributed by atoms with Gasteiger partial charge >= 0.3 is 0 Å². The predicted molar refractivity (Wildman–Crippen MR) is 62.1 cm³/mol. The summed E-state index contributed by atoms with van der Waals surface area (Å²) in [6.07, 6.45) is 3.49. The first-order valence-corrected chi connectivity index (χ1v) is 6.51. The molecule has 1 aromatic carbocycles. The van der Waals surface area contributed by atoms with Gasteiger partial charge in [-0.25, -0.2) is 4.21 Å². The van der Waals surface area contributed by atoms with Crippen molar-refractivity contribution in [3.63, 3.8) is 0 Å². The largest absolute Gasteiger partial charge is 0.305 e. The van der Waals surface area contributed by atoms with Gasteiger partial charge in [-0.3, -0.25) is 0 Å². The first-order valence-electron chi connectivity index (χ1n) is 5.40. The quantitative estimate of drug-likeness (QED) is 0.802. The van der Waals surface area contributed by atoms with E-state index in [4.69, 9.17) is 0 Å². The van der Waals surface area contributed by atoms with Crippen molar-refractivity contribution in [2.45, 2.75) is 37.4 Å². The van der Waals surface area contributed by atoms with Gasteiger partial charge in [0.1, 0.15) is 0 Å². The highest BCUT2D eigenvalue weighted by Gasteiger charge is 2.42. The van der Waals surface area contributed by atoms with Gasteiger partial charge in [0, 0.05) is 0 Å². The molecule has 0 spiro atoms. The number of hydrogen-bond acceptors (Lipinski definition) is 1. The summed E-state index contributed by atoms with van der Waals surface area (Å²) in [5, 5.41) is 0. The normalized spacial score (nSPS) is 26.3. The highest BCUT2D eigenvalue weighted by atomic mass is 32.2. The molecule has 0 aliphatic heterocycles. The summed E-state index contributed by atoms with van der Waals surface area (Å²) in [6, 6.07) is 8.04. The predicted octanol–water partition coefficient (Wildman–Crippen LogP) is 2.85. The number of fused-ring (bicyclic) bond motifs is 1. The Bertz CT molecular complexity index is 385. The van der Waals surface area contributed by atoms with Crippen molar-refractivity contribution < 1.29 is 8.76 Å². The average Bonchev–Trinajstić information content (AvgIpc) is 2.60. The van der Waals surface area contributed by atoms with Crippen LogP contribution in [0.1, 0.15) is 37.3 Å². The van der Waals surface area contributed by atoms with Gasteiger partial charge < -0.3 is 4.55 Å². The van der Waals surface area contributed by atoms with E-state index in [0.717, 1.165) is 31.2 Å². The minimum Gasteiger partial charge on any atom is -0.305 e. The molecule has 0 bridgehead atoms. The molecule has 1 aromatic rings. The molecule has 1 N–H and O–H groups in total. The van der Waals surface area contributed by atoms with Crippen LogP contribution in [0, 0.1) is 0 Å².